The van der Waals surface area contributed by atoms with Crippen molar-refractivity contribution in [2.45, 2.75) is 51.5 Å². The number of ketones is 2. The third-order valence-electron chi connectivity index (χ3n) is 6.41. The number of alkyl halides is 1. The summed E-state index contributed by atoms with van der Waals surface area (Å²) in [5.41, 5.74) is -0.0995. The molecule has 0 bridgehead atoms. The molecule has 196 valence electrons. The Hall–Kier alpha value is -4.38. The van der Waals surface area contributed by atoms with Crippen LogP contribution in [0, 0.1) is 0 Å². The van der Waals surface area contributed by atoms with Crippen LogP contribution in [0.2, 0.25) is 0 Å². The summed E-state index contributed by atoms with van der Waals surface area (Å²) in [6, 6.07) is 9.27. The summed E-state index contributed by atoms with van der Waals surface area (Å²) < 4.78 is 37.3. The van der Waals surface area contributed by atoms with Crippen molar-refractivity contribution in [1.29, 1.82) is 0 Å². The van der Waals surface area contributed by atoms with Crippen LogP contribution in [0.25, 0.3) is 10.9 Å². The van der Waals surface area contributed by atoms with Crippen LogP contribution in [-0.2, 0) is 23.8 Å². The number of carbonyl (C=O) groups is 4. The SMILES string of the molecule is CC(=O)O[C@H]1[C@H](F)[C@@H](Oc2c(O)c3c(c4cccnc24)C(=O)c2ccccc2C3=O)O[C@@H](C)[C@H]1OC(C)=O. The number of hydrogen-bond acceptors (Lipinski definition) is 10. The zero-order valence-electron chi connectivity index (χ0n) is 20.5. The molecule has 5 atom stereocenters. The van der Waals surface area contributed by atoms with E-state index >= 15 is 4.39 Å². The summed E-state index contributed by atoms with van der Waals surface area (Å²) in [4.78, 5) is 54.2. The van der Waals surface area contributed by atoms with Gasteiger partial charge in [-0.2, -0.15) is 0 Å². The van der Waals surface area contributed by atoms with Gasteiger partial charge in [-0.1, -0.05) is 30.3 Å². The van der Waals surface area contributed by atoms with E-state index in [-0.39, 0.29) is 33.2 Å². The number of nitrogens with zero attached hydrogens (tertiary/aromatic N) is 1. The molecule has 5 rings (SSSR count). The van der Waals surface area contributed by atoms with Crippen LogP contribution < -0.4 is 4.74 Å². The Bertz CT molecular complexity index is 1500. The van der Waals surface area contributed by atoms with Crippen molar-refractivity contribution in [3.05, 3.63) is 64.8 Å². The number of pyridine rings is 1. The van der Waals surface area contributed by atoms with E-state index in [1.165, 1.54) is 31.3 Å². The summed E-state index contributed by atoms with van der Waals surface area (Å²) in [6.45, 7) is 3.65. The fourth-order valence-electron chi connectivity index (χ4n) is 4.84. The predicted octanol–water partition coefficient (Wildman–Crippen LogP) is 3.04. The largest absolute Gasteiger partial charge is 0.504 e. The van der Waals surface area contributed by atoms with E-state index in [2.05, 4.69) is 4.98 Å². The quantitative estimate of drug-likeness (QED) is 0.397. The number of aromatic hydroxyl groups is 1. The Morgan fingerprint density at radius 1 is 0.947 bits per heavy atom. The van der Waals surface area contributed by atoms with Gasteiger partial charge in [0, 0.05) is 42.1 Å². The summed E-state index contributed by atoms with van der Waals surface area (Å²) >= 11 is 0. The second kappa shape index (κ2) is 9.49. The number of ether oxygens (including phenoxy) is 4. The fourth-order valence-corrected chi connectivity index (χ4v) is 4.84. The number of hydrogen-bond donors (Lipinski definition) is 1. The number of benzene rings is 2. The highest BCUT2D eigenvalue weighted by Gasteiger charge is 2.50. The lowest BCUT2D eigenvalue weighted by molar-refractivity contribution is -0.261. The summed E-state index contributed by atoms with van der Waals surface area (Å²) in [7, 11) is 0. The highest BCUT2D eigenvalue weighted by Crippen LogP contribution is 2.45. The number of fused-ring (bicyclic) bond motifs is 4. The second-order valence-electron chi connectivity index (χ2n) is 8.95. The number of phenols is 1. The van der Waals surface area contributed by atoms with Crippen molar-refractivity contribution in [2.75, 3.05) is 0 Å². The van der Waals surface area contributed by atoms with Crippen LogP contribution in [0.3, 0.4) is 0 Å². The molecule has 1 aliphatic carbocycles. The third-order valence-corrected chi connectivity index (χ3v) is 6.41. The van der Waals surface area contributed by atoms with Gasteiger partial charge in [0.1, 0.15) is 5.52 Å². The molecular formula is C27H22FNO9. The van der Waals surface area contributed by atoms with Crippen LogP contribution in [0.1, 0.15) is 52.6 Å². The first-order valence-corrected chi connectivity index (χ1v) is 11.7. The van der Waals surface area contributed by atoms with Gasteiger partial charge in [0.05, 0.1) is 11.7 Å². The Balaban J connectivity index is 1.61. The molecule has 38 heavy (non-hydrogen) atoms. The first kappa shape index (κ1) is 25.3. The minimum absolute atomic E-state index is 0.0149. The monoisotopic (exact) mass is 523 g/mol. The molecule has 1 N–H and O–H groups in total. The number of carbonyl (C=O) groups excluding carboxylic acids is 4. The topological polar surface area (TPSA) is 138 Å². The van der Waals surface area contributed by atoms with E-state index in [9.17, 15) is 24.3 Å². The zero-order chi connectivity index (χ0) is 27.3. The normalized spacial score (nSPS) is 24.4. The van der Waals surface area contributed by atoms with Crippen LogP contribution in [0.5, 0.6) is 11.5 Å². The molecule has 11 heteroatoms. The molecule has 0 spiro atoms. The molecule has 10 nitrogen and oxygen atoms in total. The highest BCUT2D eigenvalue weighted by molar-refractivity contribution is 6.33. The number of esters is 2. The molecule has 3 aromatic rings. The van der Waals surface area contributed by atoms with E-state index < -0.39 is 65.8 Å². The average Bonchev–Trinajstić information content (AvgIpc) is 2.88. The number of halogens is 1. The minimum Gasteiger partial charge on any atom is -0.504 e. The van der Waals surface area contributed by atoms with Crippen LogP contribution in [-0.4, -0.2) is 64.4 Å². The smallest absolute Gasteiger partial charge is 0.303 e. The average molecular weight is 523 g/mol. The highest BCUT2D eigenvalue weighted by atomic mass is 19.1. The van der Waals surface area contributed by atoms with Gasteiger partial charge in [-0.05, 0) is 13.0 Å². The van der Waals surface area contributed by atoms with Crippen LogP contribution >= 0.6 is 0 Å². The first-order valence-electron chi connectivity index (χ1n) is 11.7. The maximum atomic E-state index is 15.7. The Labute approximate surface area is 215 Å². The van der Waals surface area contributed by atoms with Crippen LogP contribution in [0.4, 0.5) is 4.39 Å². The van der Waals surface area contributed by atoms with Crippen molar-refractivity contribution in [1.82, 2.24) is 4.98 Å². The van der Waals surface area contributed by atoms with Gasteiger partial charge >= 0.3 is 11.9 Å². The van der Waals surface area contributed by atoms with Crippen molar-refractivity contribution >= 4 is 34.4 Å². The minimum atomic E-state index is -2.17. The summed E-state index contributed by atoms with van der Waals surface area (Å²) in [5, 5.41) is 11.4. The zero-order valence-corrected chi connectivity index (χ0v) is 20.5. The number of phenolic OH excluding ortho intramolecular Hbond substituents is 1. The molecule has 0 saturated carbocycles. The Morgan fingerprint density at radius 2 is 1.55 bits per heavy atom. The third kappa shape index (κ3) is 4.04. The molecule has 1 aromatic heterocycles. The number of rotatable bonds is 4. The standard InChI is InChI=1S/C27H22FNO9/c1-11-24(36-12(2)30)25(37-13(3)31)19(28)27(35-11)38-26-20-16(9-6-10-29-20)17-18(23(26)34)22(33)15-8-5-4-7-14(15)21(17)32/h4-11,19,24-25,27,34H,1-3H3/t11-,19-,24+,25-,27+/m0/s1. The van der Waals surface area contributed by atoms with Gasteiger partial charge < -0.3 is 24.1 Å². The van der Waals surface area contributed by atoms with Gasteiger partial charge in [-0.15, -0.1) is 0 Å². The van der Waals surface area contributed by atoms with Crippen molar-refractivity contribution in [3.8, 4) is 11.5 Å². The summed E-state index contributed by atoms with van der Waals surface area (Å²) in [5.74, 6) is -3.78. The lowest BCUT2D eigenvalue weighted by atomic mass is 9.81. The molecule has 1 aliphatic heterocycles. The van der Waals surface area contributed by atoms with Gasteiger partial charge in [-0.3, -0.25) is 24.2 Å². The molecule has 1 fully saturated rings. The molecule has 1 saturated heterocycles. The van der Waals surface area contributed by atoms with E-state index in [0.717, 1.165) is 13.8 Å². The fraction of sp³-hybridized carbons (Fsp3) is 0.296. The maximum absolute atomic E-state index is 15.7. The number of aromatic nitrogens is 1. The van der Waals surface area contributed by atoms with E-state index in [1.54, 1.807) is 18.2 Å². The predicted molar refractivity (Wildman–Crippen MR) is 128 cm³/mol. The van der Waals surface area contributed by atoms with Gasteiger partial charge in [0.15, 0.2) is 35.3 Å². The molecule has 0 unspecified atom stereocenters. The molecule has 0 radical (unpaired) electrons. The maximum Gasteiger partial charge on any atom is 0.303 e. The summed E-state index contributed by atoms with van der Waals surface area (Å²) in [6.07, 6.45) is -6.41. The molecule has 2 aromatic carbocycles. The molecule has 0 amide bonds. The first-order chi connectivity index (χ1) is 18.1. The second-order valence-corrected chi connectivity index (χ2v) is 8.95. The van der Waals surface area contributed by atoms with Crippen molar-refractivity contribution in [3.63, 3.8) is 0 Å². The lowest BCUT2D eigenvalue weighted by Crippen LogP contribution is -2.59. The van der Waals surface area contributed by atoms with Gasteiger partial charge in [0.2, 0.25) is 12.5 Å². The van der Waals surface area contributed by atoms with Crippen molar-refractivity contribution < 1.29 is 47.6 Å². The van der Waals surface area contributed by atoms with E-state index in [4.69, 9.17) is 18.9 Å². The Kier molecular flexibility index (Phi) is 6.31. The van der Waals surface area contributed by atoms with Gasteiger partial charge in [-0.25, -0.2) is 4.39 Å². The lowest BCUT2D eigenvalue weighted by Gasteiger charge is -2.41. The van der Waals surface area contributed by atoms with E-state index in [0.29, 0.717) is 0 Å². The van der Waals surface area contributed by atoms with Crippen LogP contribution in [0.15, 0.2) is 42.6 Å². The Morgan fingerprint density at radius 3 is 2.18 bits per heavy atom. The molecule has 2 aliphatic rings. The van der Waals surface area contributed by atoms with Crippen molar-refractivity contribution in [2.24, 2.45) is 0 Å². The van der Waals surface area contributed by atoms with Gasteiger partial charge in [0.25, 0.3) is 0 Å². The van der Waals surface area contributed by atoms with E-state index in [1.807, 2.05) is 0 Å². The molecule has 2 heterocycles. The molecular weight excluding hydrogens is 501 g/mol.